The molecule has 0 aromatic heterocycles. The fourth-order valence-electron chi connectivity index (χ4n) is 0.970. The molecule has 11 heavy (non-hydrogen) atoms. The third kappa shape index (κ3) is 2.62. The molecule has 0 bridgehead atoms. The molecule has 1 fully saturated rings. The summed E-state index contributed by atoms with van der Waals surface area (Å²) in [7, 11) is -3.82. The van der Waals surface area contributed by atoms with E-state index >= 15 is 0 Å². The van der Waals surface area contributed by atoms with Gasteiger partial charge < -0.3 is 1.43 Å². The van der Waals surface area contributed by atoms with Gasteiger partial charge in [0.1, 0.15) is 4.75 Å². The molecule has 3 nitrogen and oxygen atoms in total. The molecule has 0 aromatic carbocycles. The van der Waals surface area contributed by atoms with E-state index in [1.807, 2.05) is 0 Å². The van der Waals surface area contributed by atoms with E-state index in [9.17, 15) is 8.42 Å². The Morgan fingerprint density at radius 1 is 1.64 bits per heavy atom. The van der Waals surface area contributed by atoms with Gasteiger partial charge in [-0.05, 0) is 19.3 Å². The minimum absolute atomic E-state index is 0. The molecule has 5 heteroatoms. The first-order chi connectivity index (χ1) is 4.52. The van der Waals surface area contributed by atoms with Gasteiger partial charge in [0.25, 0.3) is 10.1 Å². The number of hydrogen-bond donors (Lipinski definition) is 1. The van der Waals surface area contributed by atoms with Gasteiger partial charge in [-0.15, -0.1) is 6.58 Å². The van der Waals surface area contributed by atoms with Crippen LogP contribution in [0, 0.1) is 0 Å². The maximum Gasteiger partial charge on any atom is 1.00 e. The van der Waals surface area contributed by atoms with E-state index in [0.717, 1.165) is 0 Å². The van der Waals surface area contributed by atoms with Crippen molar-refractivity contribution in [1.82, 2.24) is 0 Å². The summed E-state index contributed by atoms with van der Waals surface area (Å²) >= 11 is 0. The number of rotatable bonds is 3. The van der Waals surface area contributed by atoms with E-state index in [4.69, 9.17) is 4.55 Å². The molecule has 0 spiro atoms. The molecule has 1 N–H and O–H groups in total. The van der Waals surface area contributed by atoms with Crippen LogP contribution in [0.15, 0.2) is 12.7 Å². The number of hydrogen-bond acceptors (Lipinski definition) is 2. The molecule has 0 heterocycles. The maximum absolute atomic E-state index is 10.6. The molecule has 0 amide bonds. The summed E-state index contributed by atoms with van der Waals surface area (Å²) in [5.41, 5.74) is 0. The first-order valence-electron chi connectivity index (χ1n) is 3.10. The summed E-state index contributed by atoms with van der Waals surface area (Å²) in [5, 5.41) is 0. The largest absolute Gasteiger partial charge is 1.00 e. The van der Waals surface area contributed by atoms with E-state index in [1.165, 1.54) is 6.08 Å². The van der Waals surface area contributed by atoms with Crippen molar-refractivity contribution in [3.8, 4) is 0 Å². The average Bonchev–Trinajstić information content (AvgIpc) is 2.45. The quantitative estimate of drug-likeness (QED) is 0.330. The second-order valence-corrected chi connectivity index (χ2v) is 4.47. The SMILES string of the molecule is C=CCC1(S(=O)(=O)O)CC1.[H-].[K+]. The van der Waals surface area contributed by atoms with Gasteiger partial charge >= 0.3 is 51.4 Å². The molecule has 0 aromatic rings. The second kappa shape index (κ2) is 4.00. The summed E-state index contributed by atoms with van der Waals surface area (Å²) in [5.74, 6) is 0. The van der Waals surface area contributed by atoms with Crippen LogP contribution < -0.4 is 51.4 Å². The van der Waals surface area contributed by atoms with E-state index < -0.39 is 14.9 Å². The first kappa shape index (κ1) is 12.3. The zero-order chi connectivity index (χ0) is 7.83. The summed E-state index contributed by atoms with van der Waals surface area (Å²) in [6, 6.07) is 0. The van der Waals surface area contributed by atoms with Crippen molar-refractivity contribution in [3.05, 3.63) is 12.7 Å². The van der Waals surface area contributed by atoms with E-state index in [1.54, 1.807) is 0 Å². The van der Waals surface area contributed by atoms with Crippen LogP contribution in [0.1, 0.15) is 20.7 Å². The number of allylic oxidation sites excluding steroid dienone is 1. The molecular weight excluding hydrogens is 191 g/mol. The van der Waals surface area contributed by atoms with Crippen LogP contribution >= 0.6 is 0 Å². The van der Waals surface area contributed by atoms with E-state index in [-0.39, 0.29) is 52.8 Å². The molecule has 1 aliphatic rings. The Morgan fingerprint density at radius 3 is 2.18 bits per heavy atom. The Morgan fingerprint density at radius 2 is 2.09 bits per heavy atom. The normalized spacial score (nSPS) is 20.1. The van der Waals surface area contributed by atoms with Crippen LogP contribution in [-0.4, -0.2) is 17.7 Å². The van der Waals surface area contributed by atoms with Crippen LogP contribution in [0.4, 0.5) is 0 Å². The van der Waals surface area contributed by atoms with Crippen LogP contribution in [0.25, 0.3) is 0 Å². The van der Waals surface area contributed by atoms with Crippen molar-refractivity contribution >= 4 is 10.1 Å². The Kier molecular flexibility index (Phi) is 4.46. The minimum atomic E-state index is -3.82. The van der Waals surface area contributed by atoms with Gasteiger partial charge in [0, 0.05) is 0 Å². The van der Waals surface area contributed by atoms with Crippen molar-refractivity contribution in [1.29, 1.82) is 0 Å². The van der Waals surface area contributed by atoms with Crippen molar-refractivity contribution in [2.45, 2.75) is 24.0 Å². The minimum Gasteiger partial charge on any atom is -1.00 e. The van der Waals surface area contributed by atoms with Gasteiger partial charge in [0.2, 0.25) is 0 Å². The molecule has 1 saturated carbocycles. The molecule has 0 saturated heterocycles. The Labute approximate surface area is 111 Å². The van der Waals surface area contributed by atoms with E-state index in [2.05, 4.69) is 6.58 Å². The summed E-state index contributed by atoms with van der Waals surface area (Å²) in [6.45, 7) is 3.42. The van der Waals surface area contributed by atoms with Gasteiger partial charge in [-0.2, -0.15) is 8.42 Å². The third-order valence-corrected chi connectivity index (χ3v) is 3.54. The molecule has 60 valence electrons. The van der Waals surface area contributed by atoms with Crippen LogP contribution in [-0.2, 0) is 10.1 Å². The topological polar surface area (TPSA) is 54.4 Å². The zero-order valence-corrected chi connectivity index (χ0v) is 10.5. The van der Waals surface area contributed by atoms with Crippen molar-refractivity contribution in [2.75, 3.05) is 0 Å². The zero-order valence-electron chi connectivity index (χ0n) is 7.58. The molecule has 0 radical (unpaired) electrons. The van der Waals surface area contributed by atoms with E-state index in [0.29, 0.717) is 19.3 Å². The summed E-state index contributed by atoms with van der Waals surface area (Å²) in [4.78, 5) is 0. The van der Waals surface area contributed by atoms with Gasteiger partial charge in [-0.3, -0.25) is 4.55 Å². The third-order valence-electron chi connectivity index (χ3n) is 1.87. The fourth-order valence-corrected chi connectivity index (χ4v) is 1.92. The Hall–Kier alpha value is 1.29. The van der Waals surface area contributed by atoms with Crippen LogP contribution in [0.2, 0.25) is 0 Å². The molecule has 0 unspecified atom stereocenters. The van der Waals surface area contributed by atoms with Gasteiger partial charge in [0.05, 0.1) is 0 Å². The predicted molar refractivity (Wildman–Crippen MR) is 39.4 cm³/mol. The Bertz CT molecular complexity index is 246. The summed E-state index contributed by atoms with van der Waals surface area (Å²) < 4.78 is 29.0. The first-order valence-corrected chi connectivity index (χ1v) is 4.54. The molecule has 0 aliphatic heterocycles. The molecule has 1 rings (SSSR count). The van der Waals surface area contributed by atoms with Crippen molar-refractivity contribution < 1.29 is 65.8 Å². The average molecular weight is 202 g/mol. The fraction of sp³-hybridized carbons (Fsp3) is 0.667. The van der Waals surface area contributed by atoms with Gasteiger partial charge in [-0.1, -0.05) is 6.08 Å². The predicted octanol–water partition coefficient (Wildman–Crippen LogP) is -1.90. The second-order valence-electron chi connectivity index (χ2n) is 2.65. The van der Waals surface area contributed by atoms with Crippen LogP contribution in [0.3, 0.4) is 0 Å². The molecular formula is C6H11KO3S. The maximum atomic E-state index is 10.6. The molecule has 0 atom stereocenters. The molecule has 1 aliphatic carbocycles. The van der Waals surface area contributed by atoms with Crippen molar-refractivity contribution in [2.24, 2.45) is 0 Å². The van der Waals surface area contributed by atoms with Gasteiger partial charge in [-0.25, -0.2) is 0 Å². The monoisotopic (exact) mass is 202 g/mol. The summed E-state index contributed by atoms with van der Waals surface area (Å²) in [6.07, 6.45) is 3.03. The smallest absolute Gasteiger partial charge is 1.00 e. The van der Waals surface area contributed by atoms with Crippen LogP contribution in [0.5, 0.6) is 0 Å². The van der Waals surface area contributed by atoms with Gasteiger partial charge in [0.15, 0.2) is 0 Å². The Balaban J connectivity index is 0. The standard InChI is InChI=1S/C6H10O3S.K.H/c1-2-3-6(4-5-6)10(7,8)9;;/h2H,1,3-5H2,(H,7,8,9);;/q;+1;-1. The van der Waals surface area contributed by atoms with Crippen molar-refractivity contribution in [3.63, 3.8) is 0 Å².